The first-order valence-electron chi connectivity index (χ1n) is 6.04. The molecule has 0 bridgehead atoms. The van der Waals surface area contributed by atoms with Crippen LogP contribution in [-0.4, -0.2) is 10.7 Å². The molecular formula is C13H19BrOS. The molecule has 2 rings (SSSR count). The molecule has 0 aliphatic heterocycles. The first kappa shape index (κ1) is 12.6. The first-order chi connectivity index (χ1) is 7.57. The molecule has 1 aliphatic carbocycles. The van der Waals surface area contributed by atoms with E-state index in [1.54, 1.807) is 11.3 Å². The SMILES string of the molecule is CC1CCCC(O)(Cc2ccc(Br)s2)CC1. The van der Waals surface area contributed by atoms with Gasteiger partial charge in [-0.1, -0.05) is 19.8 Å². The molecule has 1 heterocycles. The fourth-order valence-electron chi connectivity index (χ4n) is 2.51. The van der Waals surface area contributed by atoms with Gasteiger partial charge in [-0.2, -0.15) is 0 Å². The minimum atomic E-state index is -0.449. The maximum Gasteiger partial charge on any atom is 0.0701 e. The van der Waals surface area contributed by atoms with Gasteiger partial charge < -0.3 is 5.11 Å². The summed E-state index contributed by atoms with van der Waals surface area (Å²) in [6, 6.07) is 4.20. The van der Waals surface area contributed by atoms with Crippen LogP contribution in [0.3, 0.4) is 0 Å². The van der Waals surface area contributed by atoms with E-state index in [9.17, 15) is 5.11 Å². The van der Waals surface area contributed by atoms with Crippen LogP contribution in [0.5, 0.6) is 0 Å². The Hall–Kier alpha value is 0.140. The van der Waals surface area contributed by atoms with Gasteiger partial charge >= 0.3 is 0 Å². The Kier molecular flexibility index (Phi) is 4.09. The lowest BCUT2D eigenvalue weighted by atomic mass is 9.90. The molecule has 0 spiro atoms. The van der Waals surface area contributed by atoms with E-state index in [2.05, 4.69) is 35.0 Å². The monoisotopic (exact) mass is 302 g/mol. The van der Waals surface area contributed by atoms with Gasteiger partial charge in [0.05, 0.1) is 9.39 Å². The molecule has 3 heteroatoms. The van der Waals surface area contributed by atoms with Crippen molar-refractivity contribution in [1.29, 1.82) is 0 Å². The van der Waals surface area contributed by atoms with E-state index >= 15 is 0 Å². The fourth-order valence-corrected chi connectivity index (χ4v) is 4.13. The lowest BCUT2D eigenvalue weighted by Crippen LogP contribution is -2.30. The lowest BCUT2D eigenvalue weighted by Gasteiger charge is -2.26. The Balaban J connectivity index is 2.01. The van der Waals surface area contributed by atoms with Gasteiger partial charge in [0.25, 0.3) is 0 Å². The number of rotatable bonds is 2. The predicted molar refractivity (Wildman–Crippen MR) is 72.9 cm³/mol. The van der Waals surface area contributed by atoms with Crippen LogP contribution in [0.1, 0.15) is 43.9 Å². The molecule has 0 aromatic carbocycles. The van der Waals surface area contributed by atoms with Crippen molar-refractivity contribution in [2.24, 2.45) is 5.92 Å². The lowest BCUT2D eigenvalue weighted by molar-refractivity contribution is 0.0251. The van der Waals surface area contributed by atoms with Crippen LogP contribution in [0, 0.1) is 5.92 Å². The van der Waals surface area contributed by atoms with Crippen molar-refractivity contribution in [2.45, 2.75) is 51.0 Å². The van der Waals surface area contributed by atoms with Gasteiger partial charge in [-0.15, -0.1) is 11.3 Å². The van der Waals surface area contributed by atoms with Gasteiger partial charge in [-0.25, -0.2) is 0 Å². The average Bonchev–Trinajstić information content (AvgIpc) is 2.53. The molecule has 1 aromatic heterocycles. The van der Waals surface area contributed by atoms with Gasteiger partial charge in [0.15, 0.2) is 0 Å². The first-order valence-corrected chi connectivity index (χ1v) is 7.65. The van der Waals surface area contributed by atoms with Gasteiger partial charge in [0.2, 0.25) is 0 Å². The summed E-state index contributed by atoms with van der Waals surface area (Å²) in [5, 5.41) is 10.6. The number of hydrogen-bond acceptors (Lipinski definition) is 2. The quantitative estimate of drug-likeness (QED) is 0.804. The van der Waals surface area contributed by atoms with Gasteiger partial charge in [0.1, 0.15) is 0 Å². The molecule has 1 aromatic rings. The fraction of sp³-hybridized carbons (Fsp3) is 0.692. The smallest absolute Gasteiger partial charge is 0.0701 e. The van der Waals surface area contributed by atoms with E-state index in [1.807, 2.05) is 0 Å². The third kappa shape index (κ3) is 3.31. The summed E-state index contributed by atoms with van der Waals surface area (Å²) in [5.74, 6) is 0.782. The highest BCUT2D eigenvalue weighted by Gasteiger charge is 2.30. The highest BCUT2D eigenvalue weighted by molar-refractivity contribution is 9.11. The van der Waals surface area contributed by atoms with Gasteiger partial charge in [0, 0.05) is 11.3 Å². The average molecular weight is 303 g/mol. The number of thiophene rings is 1. The van der Waals surface area contributed by atoms with E-state index in [0.717, 1.165) is 29.0 Å². The predicted octanol–water partition coefficient (Wildman–Crippen LogP) is 4.38. The van der Waals surface area contributed by atoms with Crippen LogP contribution in [0.4, 0.5) is 0 Å². The Bertz CT molecular complexity index is 349. The second-order valence-electron chi connectivity index (χ2n) is 5.14. The molecule has 0 radical (unpaired) electrons. The van der Waals surface area contributed by atoms with Crippen molar-refractivity contribution in [3.63, 3.8) is 0 Å². The third-order valence-electron chi connectivity index (χ3n) is 3.57. The largest absolute Gasteiger partial charge is 0.390 e. The van der Waals surface area contributed by atoms with Crippen LogP contribution >= 0.6 is 27.3 Å². The van der Waals surface area contributed by atoms with Crippen molar-refractivity contribution in [1.82, 2.24) is 0 Å². The molecule has 2 unspecified atom stereocenters. The van der Waals surface area contributed by atoms with E-state index in [1.165, 1.54) is 24.1 Å². The van der Waals surface area contributed by atoms with E-state index in [0.29, 0.717) is 0 Å². The zero-order valence-electron chi connectivity index (χ0n) is 9.71. The number of hydrogen-bond donors (Lipinski definition) is 1. The van der Waals surface area contributed by atoms with E-state index in [-0.39, 0.29) is 0 Å². The van der Waals surface area contributed by atoms with Gasteiger partial charge in [-0.05, 0) is 53.2 Å². The summed E-state index contributed by atoms with van der Waals surface area (Å²) < 4.78 is 1.16. The second-order valence-corrected chi connectivity index (χ2v) is 7.69. The maximum atomic E-state index is 10.6. The Morgan fingerprint density at radius 2 is 2.25 bits per heavy atom. The molecular weight excluding hydrogens is 284 g/mol. The van der Waals surface area contributed by atoms with Crippen molar-refractivity contribution >= 4 is 27.3 Å². The Morgan fingerprint density at radius 1 is 1.44 bits per heavy atom. The Morgan fingerprint density at radius 3 is 2.94 bits per heavy atom. The van der Waals surface area contributed by atoms with E-state index in [4.69, 9.17) is 0 Å². The highest BCUT2D eigenvalue weighted by atomic mass is 79.9. The second kappa shape index (κ2) is 5.19. The molecule has 16 heavy (non-hydrogen) atoms. The standard InChI is InChI=1S/C13H19BrOS/c1-10-3-2-7-13(15,8-6-10)9-11-4-5-12(14)16-11/h4-5,10,15H,2-3,6-9H2,1H3. The van der Waals surface area contributed by atoms with Crippen LogP contribution in [0.2, 0.25) is 0 Å². The van der Waals surface area contributed by atoms with Crippen LogP contribution < -0.4 is 0 Å². The minimum Gasteiger partial charge on any atom is -0.390 e. The summed E-state index contributed by atoms with van der Waals surface area (Å²) in [6.07, 6.45) is 6.37. The van der Waals surface area contributed by atoms with Crippen LogP contribution in [0.15, 0.2) is 15.9 Å². The zero-order chi connectivity index (χ0) is 11.6. The summed E-state index contributed by atoms with van der Waals surface area (Å²) in [6.45, 7) is 2.30. The van der Waals surface area contributed by atoms with Crippen molar-refractivity contribution in [3.05, 3.63) is 20.8 Å². The topological polar surface area (TPSA) is 20.2 Å². The number of aliphatic hydroxyl groups is 1. The Labute approximate surface area is 110 Å². The molecule has 1 saturated carbocycles. The summed E-state index contributed by atoms with van der Waals surface area (Å²) in [7, 11) is 0. The molecule has 1 N–H and O–H groups in total. The normalized spacial score (nSPS) is 31.3. The number of halogens is 1. The summed E-state index contributed by atoms with van der Waals surface area (Å²) in [5.41, 5.74) is -0.449. The summed E-state index contributed by atoms with van der Waals surface area (Å²) in [4.78, 5) is 1.30. The molecule has 1 fully saturated rings. The molecule has 0 amide bonds. The minimum absolute atomic E-state index is 0.449. The van der Waals surface area contributed by atoms with Crippen molar-refractivity contribution < 1.29 is 5.11 Å². The molecule has 2 atom stereocenters. The molecule has 0 saturated heterocycles. The van der Waals surface area contributed by atoms with Crippen LogP contribution in [0.25, 0.3) is 0 Å². The van der Waals surface area contributed by atoms with Crippen LogP contribution in [-0.2, 0) is 6.42 Å². The third-order valence-corrected chi connectivity index (χ3v) is 5.20. The molecule has 1 nitrogen and oxygen atoms in total. The molecule has 90 valence electrons. The van der Waals surface area contributed by atoms with Crippen molar-refractivity contribution in [2.75, 3.05) is 0 Å². The highest BCUT2D eigenvalue weighted by Crippen LogP contribution is 2.34. The molecule has 1 aliphatic rings. The van der Waals surface area contributed by atoms with Gasteiger partial charge in [-0.3, -0.25) is 0 Å². The maximum absolute atomic E-state index is 10.6. The summed E-state index contributed by atoms with van der Waals surface area (Å²) >= 11 is 5.22. The van der Waals surface area contributed by atoms with E-state index < -0.39 is 5.60 Å². The van der Waals surface area contributed by atoms with Crippen molar-refractivity contribution in [3.8, 4) is 0 Å². The zero-order valence-corrected chi connectivity index (χ0v) is 12.1.